The van der Waals surface area contributed by atoms with Crippen LogP contribution in [0, 0.1) is 0 Å². The molecule has 31 heavy (non-hydrogen) atoms. The molecule has 0 unspecified atom stereocenters. The Labute approximate surface area is 197 Å². The minimum Gasteiger partial charge on any atom is -0.324 e. The van der Waals surface area contributed by atoms with Crippen molar-refractivity contribution in [3.8, 4) is 17.1 Å². The number of aromatic nitrogens is 4. The minimum absolute atomic E-state index is 0.102. The van der Waals surface area contributed by atoms with Gasteiger partial charge in [0.2, 0.25) is 5.91 Å². The number of hydrogen-bond acceptors (Lipinski definition) is 5. The summed E-state index contributed by atoms with van der Waals surface area (Å²) >= 11 is 19.4. The van der Waals surface area contributed by atoms with Crippen LogP contribution >= 0.6 is 46.6 Å². The van der Waals surface area contributed by atoms with Crippen molar-refractivity contribution in [3.63, 3.8) is 0 Å². The number of hydrogen-bond donors (Lipinski definition) is 1. The summed E-state index contributed by atoms with van der Waals surface area (Å²) in [6.45, 7) is 0. The Morgan fingerprint density at radius 3 is 2.39 bits per heavy atom. The van der Waals surface area contributed by atoms with E-state index in [-0.39, 0.29) is 11.7 Å². The second-order valence-electron chi connectivity index (χ2n) is 6.31. The average molecular weight is 491 g/mol. The third kappa shape index (κ3) is 5.19. The van der Waals surface area contributed by atoms with Crippen molar-refractivity contribution in [1.29, 1.82) is 0 Å². The number of nitrogens with zero attached hydrogens (tertiary/aromatic N) is 4. The molecule has 1 amide bonds. The molecule has 1 N–H and O–H groups in total. The number of carbonyl (C=O) groups excluding carboxylic acids is 1. The van der Waals surface area contributed by atoms with E-state index in [4.69, 9.17) is 34.8 Å². The Morgan fingerprint density at radius 2 is 1.65 bits per heavy atom. The van der Waals surface area contributed by atoms with Crippen molar-refractivity contribution < 1.29 is 4.79 Å². The molecule has 4 aromatic rings. The maximum atomic E-state index is 12.5. The monoisotopic (exact) mass is 489 g/mol. The van der Waals surface area contributed by atoms with Gasteiger partial charge in [0, 0.05) is 33.7 Å². The Morgan fingerprint density at radius 1 is 0.935 bits per heavy atom. The van der Waals surface area contributed by atoms with Crippen LogP contribution in [0.4, 0.5) is 5.69 Å². The zero-order valence-corrected chi connectivity index (χ0v) is 18.9. The third-order valence-electron chi connectivity index (χ3n) is 4.19. The maximum Gasteiger partial charge on any atom is 0.234 e. The van der Waals surface area contributed by atoms with Gasteiger partial charge in [-0.3, -0.25) is 14.3 Å². The zero-order valence-electron chi connectivity index (χ0n) is 15.8. The summed E-state index contributed by atoms with van der Waals surface area (Å²) in [5.41, 5.74) is 2.12. The fraction of sp³-hybridized carbons (Fsp3) is 0.0476. The summed E-state index contributed by atoms with van der Waals surface area (Å²) in [7, 11) is 0. The number of pyridine rings is 1. The molecule has 0 spiro atoms. The molecule has 0 aliphatic carbocycles. The van der Waals surface area contributed by atoms with Crippen LogP contribution in [-0.4, -0.2) is 31.4 Å². The molecule has 156 valence electrons. The lowest BCUT2D eigenvalue weighted by Crippen LogP contribution is -2.15. The van der Waals surface area contributed by atoms with Crippen LogP contribution in [-0.2, 0) is 4.79 Å². The normalized spacial score (nSPS) is 10.8. The van der Waals surface area contributed by atoms with Crippen molar-refractivity contribution in [3.05, 3.63) is 82.1 Å². The van der Waals surface area contributed by atoms with Crippen LogP contribution in [0.3, 0.4) is 0 Å². The number of benzene rings is 2. The first-order chi connectivity index (χ1) is 15.0. The van der Waals surface area contributed by atoms with Crippen LogP contribution in [0.1, 0.15) is 0 Å². The highest BCUT2D eigenvalue weighted by Gasteiger charge is 2.18. The number of nitrogens with one attached hydrogen (secondary N) is 1. The molecular formula is C21H14Cl3N5OS. The molecule has 4 rings (SSSR count). The highest BCUT2D eigenvalue weighted by Crippen LogP contribution is 2.29. The quantitative estimate of drug-likeness (QED) is 0.335. The molecule has 2 heterocycles. The van der Waals surface area contributed by atoms with E-state index < -0.39 is 0 Å². The highest BCUT2D eigenvalue weighted by atomic mass is 35.5. The summed E-state index contributed by atoms with van der Waals surface area (Å²) < 4.78 is 1.87. The summed E-state index contributed by atoms with van der Waals surface area (Å²) in [4.78, 5) is 16.6. The number of rotatable bonds is 6. The number of carbonyl (C=O) groups is 1. The molecule has 0 fully saturated rings. The summed E-state index contributed by atoms with van der Waals surface area (Å²) in [5.74, 6) is 0.487. The second-order valence-corrected chi connectivity index (χ2v) is 8.54. The smallest absolute Gasteiger partial charge is 0.234 e. The lowest BCUT2D eigenvalue weighted by atomic mass is 10.2. The van der Waals surface area contributed by atoms with E-state index in [1.807, 2.05) is 28.8 Å². The van der Waals surface area contributed by atoms with Crippen molar-refractivity contribution in [2.24, 2.45) is 0 Å². The van der Waals surface area contributed by atoms with Crippen LogP contribution in [0.5, 0.6) is 0 Å². The first-order valence-corrected chi connectivity index (χ1v) is 11.1. The Bertz CT molecular complexity index is 1220. The first-order valence-electron chi connectivity index (χ1n) is 9.01. The fourth-order valence-corrected chi connectivity index (χ4v) is 4.00. The lowest BCUT2D eigenvalue weighted by molar-refractivity contribution is -0.113. The Balaban J connectivity index is 1.59. The average Bonchev–Trinajstić information content (AvgIpc) is 3.20. The fourth-order valence-electron chi connectivity index (χ4n) is 2.78. The standard InChI is InChI=1S/C21H14Cl3N5OS/c22-14-1-4-16(5-2-14)29-20(13-7-9-25-10-8-13)27-28-21(29)31-12-19(30)26-18-11-15(23)3-6-17(18)24/h1-11H,12H2,(H,26,30). The number of amides is 1. The number of halogens is 3. The van der Waals surface area contributed by atoms with Crippen molar-refractivity contribution in [1.82, 2.24) is 19.7 Å². The second kappa shape index (κ2) is 9.70. The Hall–Kier alpha value is -2.58. The highest BCUT2D eigenvalue weighted by molar-refractivity contribution is 7.99. The van der Waals surface area contributed by atoms with Gasteiger partial charge in [-0.2, -0.15) is 0 Å². The van der Waals surface area contributed by atoms with E-state index in [0.29, 0.717) is 31.7 Å². The molecule has 0 aliphatic rings. The molecule has 6 nitrogen and oxygen atoms in total. The van der Waals surface area contributed by atoms with Gasteiger partial charge in [0.05, 0.1) is 16.5 Å². The van der Waals surface area contributed by atoms with Crippen LogP contribution in [0.25, 0.3) is 17.1 Å². The SMILES string of the molecule is O=C(CSc1nnc(-c2ccncc2)n1-c1ccc(Cl)cc1)Nc1cc(Cl)ccc1Cl. The number of thioether (sulfide) groups is 1. The number of anilines is 1. The Kier molecular flexibility index (Phi) is 6.77. The first kappa shape index (κ1) is 21.6. The molecule has 2 aromatic heterocycles. The predicted molar refractivity (Wildman–Crippen MR) is 125 cm³/mol. The van der Waals surface area contributed by atoms with Gasteiger partial charge >= 0.3 is 0 Å². The topological polar surface area (TPSA) is 72.7 Å². The van der Waals surface area contributed by atoms with E-state index in [9.17, 15) is 4.79 Å². The van der Waals surface area contributed by atoms with Gasteiger partial charge in [-0.1, -0.05) is 46.6 Å². The van der Waals surface area contributed by atoms with Gasteiger partial charge in [0.1, 0.15) is 0 Å². The molecule has 0 atom stereocenters. The summed E-state index contributed by atoms with van der Waals surface area (Å²) in [5, 5.41) is 13.5. The molecule has 0 radical (unpaired) electrons. The van der Waals surface area contributed by atoms with Crippen molar-refractivity contribution in [2.45, 2.75) is 5.16 Å². The molecule has 2 aromatic carbocycles. The molecule has 10 heteroatoms. The molecule has 0 aliphatic heterocycles. The largest absolute Gasteiger partial charge is 0.324 e. The zero-order chi connectivity index (χ0) is 21.8. The molecule has 0 bridgehead atoms. The van der Waals surface area contributed by atoms with E-state index >= 15 is 0 Å². The van der Waals surface area contributed by atoms with Gasteiger partial charge in [0.15, 0.2) is 11.0 Å². The van der Waals surface area contributed by atoms with Crippen LogP contribution in [0.15, 0.2) is 72.1 Å². The predicted octanol–water partition coefficient (Wildman–Crippen LogP) is 6.02. The lowest BCUT2D eigenvalue weighted by Gasteiger charge is -2.11. The maximum absolute atomic E-state index is 12.5. The van der Waals surface area contributed by atoms with E-state index in [1.165, 1.54) is 11.8 Å². The van der Waals surface area contributed by atoms with Crippen molar-refractivity contribution in [2.75, 3.05) is 11.1 Å². The van der Waals surface area contributed by atoms with Crippen LogP contribution in [0.2, 0.25) is 15.1 Å². The van der Waals surface area contributed by atoms with E-state index in [0.717, 1.165) is 11.3 Å². The van der Waals surface area contributed by atoms with Crippen molar-refractivity contribution >= 4 is 58.2 Å². The van der Waals surface area contributed by atoms with Gasteiger partial charge < -0.3 is 5.32 Å². The van der Waals surface area contributed by atoms with Gasteiger partial charge in [0.25, 0.3) is 0 Å². The minimum atomic E-state index is -0.245. The van der Waals surface area contributed by atoms with E-state index in [1.54, 1.807) is 42.7 Å². The van der Waals surface area contributed by atoms with Gasteiger partial charge in [-0.05, 0) is 54.6 Å². The molecule has 0 saturated heterocycles. The van der Waals surface area contributed by atoms with Crippen LogP contribution < -0.4 is 5.32 Å². The molecular weight excluding hydrogens is 477 g/mol. The third-order valence-corrected chi connectivity index (χ3v) is 5.94. The van der Waals surface area contributed by atoms with Gasteiger partial charge in [-0.15, -0.1) is 10.2 Å². The van der Waals surface area contributed by atoms with Gasteiger partial charge in [-0.25, -0.2) is 0 Å². The van der Waals surface area contributed by atoms with E-state index in [2.05, 4.69) is 20.5 Å². The summed E-state index contributed by atoms with van der Waals surface area (Å²) in [6, 6.07) is 15.9. The summed E-state index contributed by atoms with van der Waals surface area (Å²) in [6.07, 6.45) is 3.37. The molecule has 0 saturated carbocycles.